The molecule has 0 amide bonds. The van der Waals surface area contributed by atoms with Crippen molar-refractivity contribution in [2.75, 3.05) is 33.2 Å². The SMILES string of the molecule is CC(CCC1CN(C(C)C)C1)CC1CN(C)C1. The number of rotatable bonds is 6. The quantitative estimate of drug-likeness (QED) is 0.702. The molecule has 2 heteroatoms. The molecular formula is C15H30N2. The summed E-state index contributed by atoms with van der Waals surface area (Å²) < 4.78 is 0. The Balaban J connectivity index is 1.51. The first-order valence-corrected chi connectivity index (χ1v) is 7.47. The van der Waals surface area contributed by atoms with E-state index in [0.29, 0.717) is 0 Å². The molecule has 2 aliphatic heterocycles. The third kappa shape index (κ3) is 3.69. The first kappa shape index (κ1) is 13.4. The first-order chi connectivity index (χ1) is 8.04. The molecule has 2 nitrogen and oxygen atoms in total. The summed E-state index contributed by atoms with van der Waals surface area (Å²) in [5.41, 5.74) is 0. The first-order valence-electron chi connectivity index (χ1n) is 7.47. The van der Waals surface area contributed by atoms with Gasteiger partial charge in [0, 0.05) is 32.2 Å². The van der Waals surface area contributed by atoms with Gasteiger partial charge in [0.25, 0.3) is 0 Å². The predicted molar refractivity (Wildman–Crippen MR) is 74.2 cm³/mol. The largest absolute Gasteiger partial charge is 0.306 e. The van der Waals surface area contributed by atoms with Crippen LogP contribution in [-0.2, 0) is 0 Å². The van der Waals surface area contributed by atoms with Crippen LogP contribution in [0.4, 0.5) is 0 Å². The number of likely N-dealkylation sites (tertiary alicyclic amines) is 2. The normalized spacial score (nSPS) is 25.9. The fraction of sp³-hybridized carbons (Fsp3) is 1.00. The second-order valence-electron chi connectivity index (χ2n) is 6.92. The molecule has 1 atom stereocenters. The molecule has 0 spiro atoms. The van der Waals surface area contributed by atoms with Crippen LogP contribution in [0.3, 0.4) is 0 Å². The van der Waals surface area contributed by atoms with Crippen LogP contribution in [0.1, 0.15) is 40.0 Å². The fourth-order valence-corrected chi connectivity index (χ4v) is 3.40. The van der Waals surface area contributed by atoms with Gasteiger partial charge in [-0.05, 0) is 51.5 Å². The van der Waals surface area contributed by atoms with Crippen molar-refractivity contribution in [2.24, 2.45) is 17.8 Å². The average molecular weight is 238 g/mol. The Bertz CT molecular complexity index is 227. The van der Waals surface area contributed by atoms with Gasteiger partial charge in [-0.25, -0.2) is 0 Å². The van der Waals surface area contributed by atoms with Crippen molar-refractivity contribution in [3.05, 3.63) is 0 Å². The predicted octanol–water partition coefficient (Wildman–Crippen LogP) is 2.69. The Morgan fingerprint density at radius 2 is 1.65 bits per heavy atom. The van der Waals surface area contributed by atoms with Crippen molar-refractivity contribution < 1.29 is 0 Å². The molecule has 0 bridgehead atoms. The van der Waals surface area contributed by atoms with Crippen LogP contribution in [0.25, 0.3) is 0 Å². The van der Waals surface area contributed by atoms with Gasteiger partial charge in [-0.15, -0.1) is 0 Å². The highest BCUT2D eigenvalue weighted by atomic mass is 15.2. The van der Waals surface area contributed by atoms with E-state index in [2.05, 4.69) is 37.6 Å². The van der Waals surface area contributed by atoms with E-state index in [-0.39, 0.29) is 0 Å². The second kappa shape index (κ2) is 5.71. The molecule has 17 heavy (non-hydrogen) atoms. The van der Waals surface area contributed by atoms with Gasteiger partial charge in [-0.3, -0.25) is 0 Å². The molecule has 0 aliphatic carbocycles. The maximum Gasteiger partial charge on any atom is 0.00388 e. The van der Waals surface area contributed by atoms with Crippen molar-refractivity contribution in [2.45, 2.75) is 46.1 Å². The lowest BCUT2D eigenvalue weighted by Gasteiger charge is -2.43. The summed E-state index contributed by atoms with van der Waals surface area (Å²) in [4.78, 5) is 5.03. The monoisotopic (exact) mass is 238 g/mol. The number of nitrogens with zero attached hydrogens (tertiary/aromatic N) is 2. The Morgan fingerprint density at radius 3 is 2.18 bits per heavy atom. The standard InChI is InChI=1S/C15H30N2/c1-12(2)17-10-14(11-17)6-5-13(3)7-15-8-16(4)9-15/h12-15H,5-11H2,1-4H3. The molecule has 2 heterocycles. The van der Waals surface area contributed by atoms with E-state index >= 15 is 0 Å². The lowest BCUT2D eigenvalue weighted by Crippen LogP contribution is -2.50. The van der Waals surface area contributed by atoms with Gasteiger partial charge in [0.05, 0.1) is 0 Å². The van der Waals surface area contributed by atoms with Gasteiger partial charge in [-0.1, -0.05) is 13.3 Å². The smallest absolute Gasteiger partial charge is 0.00388 e. The molecule has 2 saturated heterocycles. The van der Waals surface area contributed by atoms with Crippen molar-refractivity contribution in [1.82, 2.24) is 9.80 Å². The molecule has 0 aromatic heterocycles. The number of hydrogen-bond donors (Lipinski definition) is 0. The second-order valence-corrected chi connectivity index (χ2v) is 6.92. The zero-order valence-electron chi connectivity index (χ0n) is 12.2. The Morgan fingerprint density at radius 1 is 1.00 bits per heavy atom. The third-order valence-corrected chi connectivity index (χ3v) is 4.66. The lowest BCUT2D eigenvalue weighted by atomic mass is 9.84. The molecule has 100 valence electrons. The minimum Gasteiger partial charge on any atom is -0.306 e. The lowest BCUT2D eigenvalue weighted by molar-refractivity contribution is 0.0559. The minimum atomic E-state index is 0.759. The molecule has 2 aliphatic rings. The molecule has 0 aromatic rings. The Kier molecular flexibility index (Phi) is 4.48. The van der Waals surface area contributed by atoms with E-state index in [9.17, 15) is 0 Å². The summed E-state index contributed by atoms with van der Waals surface area (Å²) in [7, 11) is 2.23. The van der Waals surface area contributed by atoms with Crippen molar-refractivity contribution in [1.29, 1.82) is 0 Å². The van der Waals surface area contributed by atoms with Crippen molar-refractivity contribution in [3.63, 3.8) is 0 Å². The van der Waals surface area contributed by atoms with E-state index in [1.807, 2.05) is 0 Å². The Labute approximate surface area is 107 Å². The van der Waals surface area contributed by atoms with Crippen molar-refractivity contribution in [3.8, 4) is 0 Å². The average Bonchev–Trinajstić information content (AvgIpc) is 2.12. The maximum absolute atomic E-state index is 2.59. The van der Waals surface area contributed by atoms with E-state index in [4.69, 9.17) is 0 Å². The minimum absolute atomic E-state index is 0.759. The molecule has 2 rings (SSSR count). The van der Waals surface area contributed by atoms with Crippen LogP contribution in [0.2, 0.25) is 0 Å². The van der Waals surface area contributed by atoms with Gasteiger partial charge in [0.15, 0.2) is 0 Å². The highest BCUT2D eigenvalue weighted by Crippen LogP contribution is 2.28. The van der Waals surface area contributed by atoms with E-state index < -0.39 is 0 Å². The van der Waals surface area contributed by atoms with Crippen molar-refractivity contribution >= 4 is 0 Å². The maximum atomic E-state index is 2.59. The summed E-state index contributed by atoms with van der Waals surface area (Å²) in [6.45, 7) is 12.5. The summed E-state index contributed by atoms with van der Waals surface area (Å²) >= 11 is 0. The molecule has 0 saturated carbocycles. The third-order valence-electron chi connectivity index (χ3n) is 4.66. The topological polar surface area (TPSA) is 6.48 Å². The van der Waals surface area contributed by atoms with E-state index in [0.717, 1.165) is 23.8 Å². The van der Waals surface area contributed by atoms with Crippen LogP contribution in [0.15, 0.2) is 0 Å². The fourth-order valence-electron chi connectivity index (χ4n) is 3.40. The summed E-state index contributed by atoms with van der Waals surface area (Å²) in [5.74, 6) is 2.95. The molecule has 1 unspecified atom stereocenters. The van der Waals surface area contributed by atoms with Crippen LogP contribution in [-0.4, -0.2) is 49.1 Å². The Hall–Kier alpha value is -0.0800. The molecule has 0 radical (unpaired) electrons. The zero-order chi connectivity index (χ0) is 12.4. The molecule has 0 aromatic carbocycles. The molecule has 0 N–H and O–H groups in total. The summed E-state index contributed by atoms with van der Waals surface area (Å²) in [6.07, 6.45) is 4.38. The van der Waals surface area contributed by atoms with Crippen LogP contribution in [0.5, 0.6) is 0 Å². The van der Waals surface area contributed by atoms with E-state index in [1.54, 1.807) is 0 Å². The van der Waals surface area contributed by atoms with Gasteiger partial charge in [0.2, 0.25) is 0 Å². The molecule has 2 fully saturated rings. The van der Waals surface area contributed by atoms with Crippen LogP contribution in [0, 0.1) is 17.8 Å². The van der Waals surface area contributed by atoms with Gasteiger partial charge >= 0.3 is 0 Å². The van der Waals surface area contributed by atoms with Gasteiger partial charge < -0.3 is 9.80 Å². The summed E-state index contributed by atoms with van der Waals surface area (Å²) in [5, 5.41) is 0. The number of hydrogen-bond acceptors (Lipinski definition) is 2. The van der Waals surface area contributed by atoms with E-state index in [1.165, 1.54) is 45.4 Å². The van der Waals surface area contributed by atoms with Crippen LogP contribution >= 0.6 is 0 Å². The van der Waals surface area contributed by atoms with Gasteiger partial charge in [-0.2, -0.15) is 0 Å². The molecular weight excluding hydrogens is 208 g/mol. The summed E-state index contributed by atoms with van der Waals surface area (Å²) in [6, 6.07) is 0.759. The highest BCUT2D eigenvalue weighted by Gasteiger charge is 2.29. The zero-order valence-corrected chi connectivity index (χ0v) is 12.2. The van der Waals surface area contributed by atoms with Gasteiger partial charge in [0.1, 0.15) is 0 Å². The highest BCUT2D eigenvalue weighted by molar-refractivity contribution is 4.83. The van der Waals surface area contributed by atoms with Crippen LogP contribution < -0.4 is 0 Å².